The van der Waals surface area contributed by atoms with Crippen molar-refractivity contribution < 1.29 is 9.52 Å². The molecular formula is C19H16N4O3S. The summed E-state index contributed by atoms with van der Waals surface area (Å²) in [5.74, 6) is 0. The Bertz CT molecular complexity index is 1200. The van der Waals surface area contributed by atoms with E-state index in [1.54, 1.807) is 19.2 Å². The second kappa shape index (κ2) is 6.90. The van der Waals surface area contributed by atoms with Crippen LogP contribution in [-0.2, 0) is 6.61 Å². The zero-order valence-corrected chi connectivity index (χ0v) is 15.5. The van der Waals surface area contributed by atoms with E-state index in [4.69, 9.17) is 4.42 Å². The van der Waals surface area contributed by atoms with Crippen LogP contribution in [0.2, 0.25) is 0 Å². The topological polar surface area (TPSA) is 101 Å². The molecule has 0 aliphatic heterocycles. The predicted octanol–water partition coefficient (Wildman–Crippen LogP) is 3.56. The Morgan fingerprint density at radius 3 is 2.85 bits per heavy atom. The highest BCUT2D eigenvalue weighted by atomic mass is 32.1. The third-order valence-corrected chi connectivity index (χ3v) is 5.00. The first-order chi connectivity index (χ1) is 13.0. The fraction of sp³-hybridized carbons (Fsp3) is 0.158. The van der Waals surface area contributed by atoms with Crippen LogP contribution in [0.25, 0.3) is 21.5 Å². The number of pyridine rings is 1. The molecule has 3 aromatic heterocycles. The number of anilines is 2. The van der Waals surface area contributed by atoms with Crippen molar-refractivity contribution in [3.8, 4) is 10.6 Å². The van der Waals surface area contributed by atoms with Gasteiger partial charge in [-0.1, -0.05) is 23.5 Å². The van der Waals surface area contributed by atoms with Gasteiger partial charge in [0.05, 0.1) is 17.9 Å². The van der Waals surface area contributed by atoms with Crippen LogP contribution in [-0.4, -0.2) is 20.3 Å². The Morgan fingerprint density at radius 2 is 2.07 bits per heavy atom. The molecule has 0 atom stereocenters. The van der Waals surface area contributed by atoms with Crippen molar-refractivity contribution in [3.05, 3.63) is 63.8 Å². The SMILES string of the molecule is Cc1cccc(Nc2nnc(-c3cc4c(CO)cnc(C)c4oc3=O)s2)c1. The number of rotatable bonds is 4. The molecule has 0 aliphatic rings. The van der Waals surface area contributed by atoms with E-state index >= 15 is 0 Å². The molecule has 0 aliphatic carbocycles. The molecule has 2 N–H and O–H groups in total. The summed E-state index contributed by atoms with van der Waals surface area (Å²) in [5.41, 5.74) is 3.36. The molecule has 3 heterocycles. The van der Waals surface area contributed by atoms with Crippen molar-refractivity contribution in [1.82, 2.24) is 15.2 Å². The number of aliphatic hydroxyl groups is 1. The molecule has 0 saturated heterocycles. The van der Waals surface area contributed by atoms with E-state index in [-0.39, 0.29) is 6.61 Å². The highest BCUT2D eigenvalue weighted by Crippen LogP contribution is 2.30. The number of hydrogen-bond acceptors (Lipinski definition) is 8. The lowest BCUT2D eigenvalue weighted by molar-refractivity contribution is 0.282. The molecule has 7 nitrogen and oxygen atoms in total. The summed E-state index contributed by atoms with van der Waals surface area (Å²) < 4.78 is 5.45. The number of aliphatic hydroxyl groups excluding tert-OH is 1. The molecule has 1 aromatic carbocycles. The van der Waals surface area contributed by atoms with Gasteiger partial charge in [0.2, 0.25) is 5.13 Å². The largest absolute Gasteiger partial charge is 0.420 e. The van der Waals surface area contributed by atoms with Gasteiger partial charge in [0.25, 0.3) is 0 Å². The number of aryl methyl sites for hydroxylation is 2. The average molecular weight is 380 g/mol. The first-order valence-corrected chi connectivity index (χ1v) is 9.07. The number of aromatic nitrogens is 3. The van der Waals surface area contributed by atoms with Gasteiger partial charge in [0, 0.05) is 22.8 Å². The van der Waals surface area contributed by atoms with E-state index in [0.29, 0.717) is 37.9 Å². The zero-order chi connectivity index (χ0) is 19.0. The molecule has 8 heteroatoms. The first kappa shape index (κ1) is 17.3. The molecule has 136 valence electrons. The second-order valence-electron chi connectivity index (χ2n) is 6.12. The highest BCUT2D eigenvalue weighted by molar-refractivity contribution is 7.18. The second-order valence-corrected chi connectivity index (χ2v) is 7.10. The number of nitrogens with one attached hydrogen (secondary N) is 1. The monoisotopic (exact) mass is 380 g/mol. The van der Waals surface area contributed by atoms with Gasteiger partial charge >= 0.3 is 5.63 Å². The van der Waals surface area contributed by atoms with Crippen LogP contribution >= 0.6 is 11.3 Å². The molecule has 4 aromatic rings. The van der Waals surface area contributed by atoms with E-state index in [1.165, 1.54) is 11.3 Å². The third kappa shape index (κ3) is 3.32. The first-order valence-electron chi connectivity index (χ1n) is 8.26. The summed E-state index contributed by atoms with van der Waals surface area (Å²) >= 11 is 1.26. The third-order valence-electron chi connectivity index (χ3n) is 4.13. The minimum absolute atomic E-state index is 0.201. The fourth-order valence-electron chi connectivity index (χ4n) is 2.79. The van der Waals surface area contributed by atoms with Crippen LogP contribution in [0, 0.1) is 13.8 Å². The van der Waals surface area contributed by atoms with Crippen LogP contribution in [0.1, 0.15) is 16.8 Å². The van der Waals surface area contributed by atoms with E-state index in [2.05, 4.69) is 20.5 Å². The zero-order valence-electron chi connectivity index (χ0n) is 14.7. The van der Waals surface area contributed by atoms with E-state index in [1.807, 2.05) is 31.2 Å². The van der Waals surface area contributed by atoms with Gasteiger partial charge in [0.15, 0.2) is 10.6 Å². The van der Waals surface area contributed by atoms with Gasteiger partial charge in [-0.05, 0) is 37.6 Å². The summed E-state index contributed by atoms with van der Waals surface area (Å²) in [6.45, 7) is 3.56. The minimum atomic E-state index is -0.513. The van der Waals surface area contributed by atoms with Gasteiger partial charge in [-0.15, -0.1) is 10.2 Å². The lowest BCUT2D eigenvalue weighted by Gasteiger charge is -2.05. The molecule has 0 amide bonds. The van der Waals surface area contributed by atoms with Gasteiger partial charge in [0.1, 0.15) is 0 Å². The van der Waals surface area contributed by atoms with Crippen molar-refractivity contribution in [1.29, 1.82) is 0 Å². The van der Waals surface area contributed by atoms with Gasteiger partial charge < -0.3 is 14.8 Å². The van der Waals surface area contributed by atoms with Crippen LogP contribution in [0.4, 0.5) is 10.8 Å². The summed E-state index contributed by atoms with van der Waals surface area (Å²) in [6, 6.07) is 9.56. The molecule has 0 spiro atoms. The summed E-state index contributed by atoms with van der Waals surface area (Å²) in [7, 11) is 0. The van der Waals surface area contributed by atoms with Crippen molar-refractivity contribution in [2.75, 3.05) is 5.32 Å². The van der Waals surface area contributed by atoms with E-state index in [9.17, 15) is 9.90 Å². The standard InChI is InChI=1S/C19H16N4O3S/c1-10-4-3-5-13(6-10)21-19-23-22-17(27-19)15-7-14-12(9-24)8-20-11(2)16(14)26-18(15)25/h3-8,24H,9H2,1-2H3,(H,21,23). The number of fused-ring (bicyclic) bond motifs is 1. The quantitative estimate of drug-likeness (QED) is 0.558. The van der Waals surface area contributed by atoms with Crippen LogP contribution in [0.5, 0.6) is 0 Å². The Kier molecular flexibility index (Phi) is 4.43. The lowest BCUT2D eigenvalue weighted by Crippen LogP contribution is -2.05. The number of nitrogens with zero attached hydrogens (tertiary/aromatic N) is 3. The van der Waals surface area contributed by atoms with Crippen molar-refractivity contribution >= 4 is 33.1 Å². The van der Waals surface area contributed by atoms with Crippen LogP contribution in [0.15, 0.2) is 45.7 Å². The average Bonchev–Trinajstić information content (AvgIpc) is 3.10. The molecule has 0 fully saturated rings. The maximum absolute atomic E-state index is 12.5. The number of hydrogen-bond donors (Lipinski definition) is 2. The normalized spacial score (nSPS) is 11.1. The summed E-state index contributed by atoms with van der Waals surface area (Å²) in [6.07, 6.45) is 1.58. The summed E-state index contributed by atoms with van der Waals surface area (Å²) in [5, 5.41) is 22.6. The Hall–Kier alpha value is -3.10. The maximum atomic E-state index is 12.5. The number of benzene rings is 1. The summed E-state index contributed by atoms with van der Waals surface area (Å²) in [4.78, 5) is 16.6. The van der Waals surface area contributed by atoms with E-state index in [0.717, 1.165) is 11.3 Å². The van der Waals surface area contributed by atoms with Crippen LogP contribution in [0.3, 0.4) is 0 Å². The minimum Gasteiger partial charge on any atom is -0.420 e. The Labute approximate surface area is 158 Å². The van der Waals surface area contributed by atoms with Gasteiger partial charge in [-0.2, -0.15) is 0 Å². The molecule has 0 saturated carbocycles. The molecular weight excluding hydrogens is 364 g/mol. The Balaban J connectivity index is 1.75. The molecule has 0 radical (unpaired) electrons. The molecule has 0 unspecified atom stereocenters. The fourth-order valence-corrected chi connectivity index (χ4v) is 3.55. The molecule has 4 rings (SSSR count). The van der Waals surface area contributed by atoms with Crippen molar-refractivity contribution in [3.63, 3.8) is 0 Å². The molecule has 27 heavy (non-hydrogen) atoms. The van der Waals surface area contributed by atoms with Crippen molar-refractivity contribution in [2.24, 2.45) is 0 Å². The maximum Gasteiger partial charge on any atom is 0.346 e. The van der Waals surface area contributed by atoms with Gasteiger partial charge in [-0.3, -0.25) is 4.98 Å². The smallest absolute Gasteiger partial charge is 0.346 e. The van der Waals surface area contributed by atoms with Crippen molar-refractivity contribution in [2.45, 2.75) is 20.5 Å². The van der Waals surface area contributed by atoms with E-state index < -0.39 is 5.63 Å². The van der Waals surface area contributed by atoms with Crippen LogP contribution < -0.4 is 10.9 Å². The Morgan fingerprint density at radius 1 is 1.22 bits per heavy atom. The highest BCUT2D eigenvalue weighted by Gasteiger charge is 2.16. The predicted molar refractivity (Wildman–Crippen MR) is 104 cm³/mol. The van der Waals surface area contributed by atoms with Gasteiger partial charge in [-0.25, -0.2) is 4.79 Å². The lowest BCUT2D eigenvalue weighted by atomic mass is 10.1. The molecule has 0 bridgehead atoms.